The van der Waals surface area contributed by atoms with E-state index in [-0.39, 0.29) is 5.91 Å². The molecule has 0 atom stereocenters. The highest BCUT2D eigenvalue weighted by atomic mass is 16.2. The summed E-state index contributed by atoms with van der Waals surface area (Å²) in [6.07, 6.45) is 4.18. The zero-order valence-corrected chi connectivity index (χ0v) is 11.6. The molecule has 1 aliphatic heterocycles. The van der Waals surface area contributed by atoms with Crippen molar-refractivity contribution >= 4 is 22.8 Å². The van der Waals surface area contributed by atoms with E-state index < -0.39 is 0 Å². The molecule has 3 heteroatoms. The Morgan fingerprint density at radius 1 is 1.25 bits per heavy atom. The summed E-state index contributed by atoms with van der Waals surface area (Å²) in [7, 11) is 0. The second-order valence-corrected chi connectivity index (χ2v) is 5.13. The molecule has 102 valence electrons. The zero-order chi connectivity index (χ0) is 13.9. The van der Waals surface area contributed by atoms with Crippen molar-refractivity contribution in [1.29, 1.82) is 0 Å². The van der Waals surface area contributed by atoms with Crippen molar-refractivity contribution in [2.45, 2.75) is 19.8 Å². The van der Waals surface area contributed by atoms with Crippen molar-refractivity contribution in [1.82, 2.24) is 10.9 Å². The first kappa shape index (κ1) is 12.9. The average molecular weight is 266 g/mol. The highest BCUT2D eigenvalue weighted by Crippen LogP contribution is 2.24. The molecule has 1 fully saturated rings. The molecule has 3 rings (SSSR count). The van der Waals surface area contributed by atoms with E-state index in [2.05, 4.69) is 48.1 Å². The van der Waals surface area contributed by atoms with Crippen LogP contribution in [0, 0.1) is 0 Å². The molecule has 0 spiro atoms. The summed E-state index contributed by atoms with van der Waals surface area (Å²) < 4.78 is 0. The number of benzene rings is 2. The number of hydrogen-bond donors (Lipinski definition) is 2. The third-order valence-corrected chi connectivity index (χ3v) is 3.59. The Hall–Kier alpha value is -2.13. The maximum atomic E-state index is 11.7. The van der Waals surface area contributed by atoms with Crippen LogP contribution < -0.4 is 10.9 Å². The van der Waals surface area contributed by atoms with Gasteiger partial charge >= 0.3 is 0 Å². The average Bonchev–Trinajstić information content (AvgIpc) is 2.85. The number of carbonyl (C=O) groups excluding carboxylic acids is 1. The van der Waals surface area contributed by atoms with Crippen molar-refractivity contribution < 1.29 is 4.79 Å². The van der Waals surface area contributed by atoms with Gasteiger partial charge in [-0.15, -0.1) is 0 Å². The Morgan fingerprint density at radius 3 is 2.85 bits per heavy atom. The Labute approximate surface area is 118 Å². The maximum absolute atomic E-state index is 11.7. The molecule has 1 aliphatic rings. The van der Waals surface area contributed by atoms with E-state index in [4.69, 9.17) is 0 Å². The van der Waals surface area contributed by atoms with Crippen LogP contribution in [0.3, 0.4) is 0 Å². The minimum Gasteiger partial charge on any atom is -0.287 e. The lowest BCUT2D eigenvalue weighted by Crippen LogP contribution is -2.25. The molecule has 1 amide bonds. The van der Waals surface area contributed by atoms with Crippen LogP contribution in [-0.2, 0) is 11.2 Å². The molecule has 3 nitrogen and oxygen atoms in total. The molecule has 2 N–H and O–H groups in total. The quantitative estimate of drug-likeness (QED) is 0.839. The fourth-order valence-electron chi connectivity index (χ4n) is 2.64. The molecule has 2 aromatic carbocycles. The van der Waals surface area contributed by atoms with Crippen LogP contribution >= 0.6 is 0 Å². The number of nitrogens with one attached hydrogen (secondary N) is 2. The number of hydrogen-bond acceptors (Lipinski definition) is 2. The Kier molecular flexibility index (Phi) is 3.52. The molecule has 0 radical (unpaired) electrons. The summed E-state index contributed by atoms with van der Waals surface area (Å²) >= 11 is 0. The summed E-state index contributed by atoms with van der Waals surface area (Å²) in [4.78, 5) is 11.7. The van der Waals surface area contributed by atoms with Gasteiger partial charge in [0.05, 0.1) is 0 Å². The number of carbonyl (C=O) groups is 1. The van der Waals surface area contributed by atoms with Gasteiger partial charge in [0.2, 0.25) is 0 Å². The highest BCUT2D eigenvalue weighted by molar-refractivity contribution is 6.02. The minimum atomic E-state index is -0.0324. The molecule has 0 aliphatic carbocycles. The zero-order valence-electron chi connectivity index (χ0n) is 11.6. The van der Waals surface area contributed by atoms with Gasteiger partial charge < -0.3 is 0 Å². The van der Waals surface area contributed by atoms with Crippen molar-refractivity contribution in [3.63, 3.8) is 0 Å². The number of fused-ring (bicyclic) bond motifs is 1. The molecule has 1 saturated heterocycles. The van der Waals surface area contributed by atoms with Crippen LogP contribution in [0.2, 0.25) is 0 Å². The predicted octanol–water partition coefficient (Wildman–Crippen LogP) is 2.81. The van der Waals surface area contributed by atoms with Gasteiger partial charge in [-0.2, -0.15) is 0 Å². The van der Waals surface area contributed by atoms with Gasteiger partial charge in [-0.05, 0) is 34.4 Å². The topological polar surface area (TPSA) is 41.1 Å². The Morgan fingerprint density at radius 2 is 2.10 bits per heavy atom. The van der Waals surface area contributed by atoms with E-state index in [0.29, 0.717) is 6.54 Å². The number of rotatable bonds is 3. The van der Waals surface area contributed by atoms with E-state index in [1.54, 1.807) is 0 Å². The van der Waals surface area contributed by atoms with Gasteiger partial charge in [0.15, 0.2) is 0 Å². The largest absolute Gasteiger partial charge is 0.287 e. The van der Waals surface area contributed by atoms with E-state index >= 15 is 0 Å². The van der Waals surface area contributed by atoms with Crippen LogP contribution in [-0.4, -0.2) is 12.5 Å². The van der Waals surface area contributed by atoms with Crippen molar-refractivity contribution in [2.75, 3.05) is 6.54 Å². The Balaban J connectivity index is 2.14. The van der Waals surface area contributed by atoms with E-state index in [1.807, 2.05) is 12.1 Å². The van der Waals surface area contributed by atoms with Crippen LogP contribution in [0.15, 0.2) is 42.0 Å². The SMILES string of the molecule is CCCc1cc(/C=C2\CNNC2=O)c2ccccc2c1. The van der Waals surface area contributed by atoms with Gasteiger partial charge in [-0.3, -0.25) is 10.2 Å². The normalized spacial score (nSPS) is 16.9. The number of hydrazine groups is 1. The molecule has 1 heterocycles. The van der Waals surface area contributed by atoms with Crippen LogP contribution in [0.4, 0.5) is 0 Å². The summed E-state index contributed by atoms with van der Waals surface area (Å²) in [6, 6.07) is 12.8. The first-order valence-corrected chi connectivity index (χ1v) is 7.03. The fraction of sp³-hybridized carbons (Fsp3) is 0.235. The van der Waals surface area contributed by atoms with E-state index in [0.717, 1.165) is 24.0 Å². The third kappa shape index (κ3) is 2.45. The van der Waals surface area contributed by atoms with Crippen molar-refractivity contribution in [3.05, 3.63) is 53.1 Å². The van der Waals surface area contributed by atoms with Crippen molar-refractivity contribution in [2.24, 2.45) is 0 Å². The number of aryl methyl sites for hydroxylation is 1. The van der Waals surface area contributed by atoms with E-state index in [1.165, 1.54) is 16.3 Å². The first-order valence-electron chi connectivity index (χ1n) is 7.03. The summed E-state index contributed by atoms with van der Waals surface area (Å²) in [6.45, 7) is 2.76. The molecular formula is C17H18N2O. The minimum absolute atomic E-state index is 0.0324. The number of amides is 1. The molecule has 20 heavy (non-hydrogen) atoms. The Bertz CT molecular complexity index is 688. The summed E-state index contributed by atoms with van der Waals surface area (Å²) in [5.41, 5.74) is 8.71. The summed E-state index contributed by atoms with van der Waals surface area (Å²) in [5.74, 6) is -0.0324. The van der Waals surface area contributed by atoms with Gasteiger partial charge in [-0.25, -0.2) is 5.43 Å². The van der Waals surface area contributed by atoms with Crippen LogP contribution in [0.5, 0.6) is 0 Å². The molecule has 0 aromatic heterocycles. The van der Waals surface area contributed by atoms with Gasteiger partial charge in [0, 0.05) is 12.1 Å². The standard InChI is InChI=1S/C17H18N2O/c1-2-5-12-8-13-6-3-4-7-16(13)14(9-12)10-15-11-18-19-17(15)20/h3-4,6-10,18H,2,5,11H2,1H3,(H,19,20)/b15-10+. The fourth-order valence-corrected chi connectivity index (χ4v) is 2.64. The maximum Gasteiger partial charge on any atom is 0.262 e. The molecular weight excluding hydrogens is 248 g/mol. The van der Waals surface area contributed by atoms with Gasteiger partial charge in [0.1, 0.15) is 0 Å². The van der Waals surface area contributed by atoms with Crippen LogP contribution in [0.25, 0.3) is 16.8 Å². The molecule has 0 bridgehead atoms. The molecule has 0 unspecified atom stereocenters. The lowest BCUT2D eigenvalue weighted by Gasteiger charge is -2.07. The lowest BCUT2D eigenvalue weighted by molar-refractivity contribution is -0.116. The first-order chi connectivity index (χ1) is 9.78. The molecule has 2 aromatic rings. The summed E-state index contributed by atoms with van der Waals surface area (Å²) in [5, 5.41) is 2.43. The third-order valence-electron chi connectivity index (χ3n) is 3.59. The monoisotopic (exact) mass is 266 g/mol. The molecule has 0 saturated carbocycles. The van der Waals surface area contributed by atoms with E-state index in [9.17, 15) is 4.79 Å². The van der Waals surface area contributed by atoms with Crippen LogP contribution in [0.1, 0.15) is 24.5 Å². The second-order valence-electron chi connectivity index (χ2n) is 5.13. The second kappa shape index (κ2) is 5.47. The smallest absolute Gasteiger partial charge is 0.262 e. The highest BCUT2D eigenvalue weighted by Gasteiger charge is 2.16. The van der Waals surface area contributed by atoms with Gasteiger partial charge in [0.25, 0.3) is 5.91 Å². The van der Waals surface area contributed by atoms with Gasteiger partial charge in [-0.1, -0.05) is 49.7 Å². The lowest BCUT2D eigenvalue weighted by atomic mass is 9.97. The predicted molar refractivity (Wildman–Crippen MR) is 82.1 cm³/mol. The van der Waals surface area contributed by atoms with Crippen molar-refractivity contribution in [3.8, 4) is 0 Å².